The zero-order valence-electron chi connectivity index (χ0n) is 17.3. The van der Waals surface area contributed by atoms with Crippen molar-refractivity contribution in [3.8, 4) is 0 Å². The first-order valence-electron chi connectivity index (χ1n) is 10.4. The van der Waals surface area contributed by atoms with Crippen LogP contribution in [-0.2, 0) is 16.6 Å². The highest BCUT2D eigenvalue weighted by molar-refractivity contribution is 7.89. The number of sulfonamides is 1. The minimum Gasteiger partial charge on any atom is -0.339 e. The Hall–Kier alpha value is -2.45. The summed E-state index contributed by atoms with van der Waals surface area (Å²) in [5, 5.41) is 0. The second-order valence-electron chi connectivity index (χ2n) is 8.03. The van der Waals surface area contributed by atoms with Crippen LogP contribution in [0.1, 0.15) is 42.2 Å². The fourth-order valence-corrected chi connectivity index (χ4v) is 6.29. The summed E-state index contributed by atoms with van der Waals surface area (Å²) in [5.41, 5.74) is 1.26. The van der Waals surface area contributed by atoms with Gasteiger partial charge in [-0.2, -0.15) is 4.31 Å². The van der Waals surface area contributed by atoms with Crippen LogP contribution >= 0.6 is 0 Å². The number of aromatic nitrogens is 1. The van der Waals surface area contributed by atoms with Crippen molar-refractivity contribution in [2.45, 2.75) is 37.6 Å². The minimum atomic E-state index is -3.74. The fourth-order valence-electron chi connectivity index (χ4n) is 4.68. The predicted octanol–water partition coefficient (Wildman–Crippen LogP) is 2.14. The summed E-state index contributed by atoms with van der Waals surface area (Å²) in [6.45, 7) is 6.21. The normalized spacial score (nSPS) is 21.1. The van der Waals surface area contributed by atoms with Gasteiger partial charge in [-0.3, -0.25) is 9.59 Å². The van der Waals surface area contributed by atoms with Crippen LogP contribution < -0.4 is 5.56 Å². The zero-order chi connectivity index (χ0) is 21.5. The van der Waals surface area contributed by atoms with Gasteiger partial charge in [-0.15, -0.1) is 0 Å². The second kappa shape index (κ2) is 8.00. The molecule has 0 N–H and O–H groups in total. The van der Waals surface area contributed by atoms with Gasteiger partial charge in [0.2, 0.25) is 10.0 Å². The van der Waals surface area contributed by atoms with E-state index in [2.05, 4.69) is 0 Å². The average Bonchev–Trinajstić information content (AvgIpc) is 2.75. The van der Waals surface area contributed by atoms with E-state index in [-0.39, 0.29) is 28.2 Å². The summed E-state index contributed by atoms with van der Waals surface area (Å²) in [6.07, 6.45) is 0.885. The maximum absolute atomic E-state index is 13.4. The van der Waals surface area contributed by atoms with Crippen molar-refractivity contribution in [2.24, 2.45) is 5.92 Å². The molecular formula is C22H27N3O4S. The van der Waals surface area contributed by atoms with Crippen molar-refractivity contribution in [3.63, 3.8) is 0 Å². The molecule has 0 saturated carbocycles. The number of hydrogen-bond acceptors (Lipinski definition) is 4. The zero-order valence-corrected chi connectivity index (χ0v) is 18.1. The van der Waals surface area contributed by atoms with E-state index in [0.29, 0.717) is 38.3 Å². The average molecular weight is 430 g/mol. The Morgan fingerprint density at radius 2 is 1.80 bits per heavy atom. The van der Waals surface area contributed by atoms with E-state index in [1.807, 2.05) is 19.9 Å². The van der Waals surface area contributed by atoms with E-state index < -0.39 is 10.0 Å². The maximum Gasteiger partial charge on any atom is 0.253 e. The number of nitrogens with zero attached hydrogens (tertiary/aromatic N) is 3. The van der Waals surface area contributed by atoms with Crippen molar-refractivity contribution < 1.29 is 13.2 Å². The van der Waals surface area contributed by atoms with Crippen LogP contribution in [0, 0.1) is 5.92 Å². The molecule has 3 heterocycles. The van der Waals surface area contributed by atoms with E-state index in [0.717, 1.165) is 12.1 Å². The third-order valence-electron chi connectivity index (χ3n) is 6.22. The number of rotatable bonds is 5. The summed E-state index contributed by atoms with van der Waals surface area (Å²) in [6, 6.07) is 11.5. The SMILES string of the molecule is CCN(CC)C(=O)c1cccc(S(=O)(=O)N2C[C@H]3C[C@@H](C2)c2cccc(=O)n2C3)c1. The minimum absolute atomic E-state index is 0.00154. The summed E-state index contributed by atoms with van der Waals surface area (Å²) >= 11 is 0. The highest BCUT2D eigenvalue weighted by atomic mass is 32.2. The first-order chi connectivity index (χ1) is 14.3. The second-order valence-corrected chi connectivity index (χ2v) is 9.96. The monoisotopic (exact) mass is 429 g/mol. The highest BCUT2D eigenvalue weighted by Gasteiger charge is 2.39. The number of fused-ring (bicyclic) bond motifs is 4. The summed E-state index contributed by atoms with van der Waals surface area (Å²) in [5.74, 6) is -0.0610. The Bertz CT molecular complexity index is 1120. The van der Waals surface area contributed by atoms with Gasteiger partial charge in [-0.05, 0) is 50.5 Å². The summed E-state index contributed by atoms with van der Waals surface area (Å²) in [7, 11) is -3.74. The molecule has 160 valence electrons. The molecule has 0 unspecified atom stereocenters. The number of piperidine rings is 1. The molecule has 1 amide bonds. The molecular weight excluding hydrogens is 402 g/mol. The molecule has 2 atom stereocenters. The Balaban J connectivity index is 1.63. The molecule has 4 rings (SSSR count). The smallest absolute Gasteiger partial charge is 0.253 e. The quantitative estimate of drug-likeness (QED) is 0.729. The van der Waals surface area contributed by atoms with Gasteiger partial charge in [0, 0.05) is 56.0 Å². The van der Waals surface area contributed by atoms with Crippen molar-refractivity contribution in [1.82, 2.24) is 13.8 Å². The molecule has 0 spiro atoms. The van der Waals surface area contributed by atoms with Crippen LogP contribution in [0.4, 0.5) is 0 Å². The topological polar surface area (TPSA) is 79.7 Å². The van der Waals surface area contributed by atoms with Crippen molar-refractivity contribution in [1.29, 1.82) is 0 Å². The molecule has 0 radical (unpaired) electrons. The molecule has 1 aromatic carbocycles. The van der Waals surface area contributed by atoms with Crippen LogP contribution in [0.3, 0.4) is 0 Å². The third kappa shape index (κ3) is 3.58. The number of amides is 1. The van der Waals surface area contributed by atoms with Crippen molar-refractivity contribution in [3.05, 3.63) is 64.1 Å². The van der Waals surface area contributed by atoms with Gasteiger partial charge >= 0.3 is 0 Å². The molecule has 1 aromatic heterocycles. The number of carbonyl (C=O) groups excluding carboxylic acids is 1. The standard InChI is InChI=1S/C22H27N3O4S/c1-3-23(4-2)22(27)17-7-5-8-19(12-17)30(28,29)24-13-16-11-18(15-24)20-9-6-10-21(26)25(20)14-16/h5-10,12,16,18H,3-4,11,13-15H2,1-2H3/t16-,18+/m1/s1. The van der Waals surface area contributed by atoms with E-state index in [1.165, 1.54) is 10.4 Å². The summed E-state index contributed by atoms with van der Waals surface area (Å²) < 4.78 is 30.1. The Labute approximate surface area is 177 Å². The van der Waals surface area contributed by atoms with Gasteiger partial charge in [-0.25, -0.2) is 8.42 Å². The number of pyridine rings is 1. The number of hydrogen-bond donors (Lipinski definition) is 0. The van der Waals surface area contributed by atoms with Crippen LogP contribution in [-0.4, -0.2) is 54.3 Å². The molecule has 7 nitrogen and oxygen atoms in total. The molecule has 2 aliphatic rings. The molecule has 1 saturated heterocycles. The van der Waals surface area contributed by atoms with Crippen LogP contribution in [0.15, 0.2) is 52.2 Å². The Morgan fingerprint density at radius 3 is 2.53 bits per heavy atom. The van der Waals surface area contributed by atoms with Gasteiger partial charge in [0.05, 0.1) is 4.90 Å². The molecule has 1 fully saturated rings. The lowest BCUT2D eigenvalue weighted by molar-refractivity contribution is 0.0772. The van der Waals surface area contributed by atoms with Gasteiger partial charge in [-0.1, -0.05) is 12.1 Å². The lowest BCUT2D eigenvalue weighted by Crippen LogP contribution is -2.49. The van der Waals surface area contributed by atoms with Crippen molar-refractivity contribution in [2.75, 3.05) is 26.2 Å². The fraction of sp³-hybridized carbons (Fsp3) is 0.455. The van der Waals surface area contributed by atoms with E-state index >= 15 is 0 Å². The first kappa shape index (κ1) is 20.8. The number of benzene rings is 1. The molecule has 30 heavy (non-hydrogen) atoms. The van der Waals surface area contributed by atoms with Gasteiger partial charge < -0.3 is 9.47 Å². The molecule has 8 heteroatoms. The molecule has 2 bridgehead atoms. The molecule has 2 aromatic rings. The highest BCUT2D eigenvalue weighted by Crippen LogP contribution is 2.37. The van der Waals surface area contributed by atoms with Gasteiger partial charge in [0.1, 0.15) is 0 Å². The van der Waals surface area contributed by atoms with Crippen LogP contribution in [0.25, 0.3) is 0 Å². The van der Waals surface area contributed by atoms with Crippen LogP contribution in [0.2, 0.25) is 0 Å². The Morgan fingerprint density at radius 1 is 1.07 bits per heavy atom. The van der Waals surface area contributed by atoms with E-state index in [9.17, 15) is 18.0 Å². The van der Waals surface area contributed by atoms with E-state index in [1.54, 1.807) is 39.8 Å². The molecule has 2 aliphatic heterocycles. The third-order valence-corrected chi connectivity index (χ3v) is 8.04. The van der Waals surface area contributed by atoms with E-state index in [4.69, 9.17) is 0 Å². The molecule has 0 aliphatic carbocycles. The van der Waals surface area contributed by atoms with Crippen molar-refractivity contribution >= 4 is 15.9 Å². The summed E-state index contributed by atoms with van der Waals surface area (Å²) in [4.78, 5) is 26.7. The predicted molar refractivity (Wildman–Crippen MR) is 114 cm³/mol. The van der Waals surface area contributed by atoms with Crippen LogP contribution in [0.5, 0.6) is 0 Å². The van der Waals surface area contributed by atoms with Gasteiger partial charge in [0.15, 0.2) is 0 Å². The lowest BCUT2D eigenvalue weighted by atomic mass is 9.84. The number of carbonyl (C=O) groups is 1. The maximum atomic E-state index is 13.4. The van der Waals surface area contributed by atoms with Gasteiger partial charge in [0.25, 0.3) is 11.5 Å². The Kier molecular flexibility index (Phi) is 5.55. The first-order valence-corrected chi connectivity index (χ1v) is 11.9. The lowest BCUT2D eigenvalue weighted by Gasteiger charge is -2.42. The largest absolute Gasteiger partial charge is 0.339 e.